The normalized spacial score (nSPS) is 11.0. The van der Waals surface area contributed by atoms with Crippen LogP contribution in [0.4, 0.5) is 0 Å². The van der Waals surface area contributed by atoms with Gasteiger partial charge in [-0.05, 0) is 22.9 Å². The number of thiophene rings is 2. The van der Waals surface area contributed by atoms with Crippen molar-refractivity contribution in [2.75, 3.05) is 14.2 Å². The van der Waals surface area contributed by atoms with Gasteiger partial charge in [0.1, 0.15) is 11.5 Å². The van der Waals surface area contributed by atoms with E-state index in [0.29, 0.717) is 0 Å². The van der Waals surface area contributed by atoms with Crippen molar-refractivity contribution in [2.45, 2.75) is 0 Å². The third kappa shape index (κ3) is 1.59. The predicted octanol–water partition coefficient (Wildman–Crippen LogP) is 3.40. The summed E-state index contributed by atoms with van der Waals surface area (Å²) in [5, 5.41) is 3.85. The van der Waals surface area contributed by atoms with E-state index in [1.807, 2.05) is 22.9 Å². The molecule has 3 aromatic rings. The second-order valence-corrected chi connectivity index (χ2v) is 5.55. The largest absolute Gasteiger partial charge is 0.495 e. The zero-order valence-corrected chi connectivity index (χ0v) is 11.5. The molecule has 18 heavy (non-hydrogen) atoms. The van der Waals surface area contributed by atoms with E-state index in [1.54, 1.807) is 14.2 Å². The Labute approximate surface area is 112 Å². The van der Waals surface area contributed by atoms with Gasteiger partial charge in [-0.1, -0.05) is 0 Å². The average molecular weight is 278 g/mol. The first-order valence-electron chi connectivity index (χ1n) is 5.30. The molecule has 2 heterocycles. The van der Waals surface area contributed by atoms with Crippen LogP contribution in [0.15, 0.2) is 27.7 Å². The quantitative estimate of drug-likeness (QED) is 0.733. The van der Waals surface area contributed by atoms with E-state index in [9.17, 15) is 4.79 Å². The molecule has 0 aliphatic rings. The van der Waals surface area contributed by atoms with Crippen LogP contribution in [-0.2, 0) is 0 Å². The van der Waals surface area contributed by atoms with Gasteiger partial charge in [-0.25, -0.2) is 0 Å². The Morgan fingerprint density at radius 2 is 1.33 bits per heavy atom. The van der Waals surface area contributed by atoms with Crippen LogP contribution in [0.2, 0.25) is 0 Å². The minimum absolute atomic E-state index is 0.0940. The van der Waals surface area contributed by atoms with Crippen molar-refractivity contribution in [1.82, 2.24) is 0 Å². The topological polar surface area (TPSA) is 35.5 Å². The lowest BCUT2D eigenvalue weighted by Gasteiger charge is -1.97. The third-order valence-electron chi connectivity index (χ3n) is 2.79. The summed E-state index contributed by atoms with van der Waals surface area (Å²) in [6, 6.07) is 3.75. The first-order valence-corrected chi connectivity index (χ1v) is 7.06. The molecule has 92 valence electrons. The number of methoxy groups -OCH3 is 2. The fraction of sp³-hybridized carbons (Fsp3) is 0.154. The molecule has 0 spiro atoms. The van der Waals surface area contributed by atoms with Crippen molar-refractivity contribution in [3.63, 3.8) is 0 Å². The summed E-state index contributed by atoms with van der Waals surface area (Å²) in [6.45, 7) is 0. The van der Waals surface area contributed by atoms with Crippen molar-refractivity contribution in [3.05, 3.63) is 33.1 Å². The Morgan fingerprint density at radius 1 is 0.889 bits per heavy atom. The summed E-state index contributed by atoms with van der Waals surface area (Å²) in [6.07, 6.45) is 0. The first kappa shape index (κ1) is 11.5. The molecule has 2 aromatic heterocycles. The van der Waals surface area contributed by atoms with Gasteiger partial charge in [0.25, 0.3) is 0 Å². The van der Waals surface area contributed by atoms with Crippen molar-refractivity contribution in [3.8, 4) is 32.4 Å². The fourth-order valence-electron chi connectivity index (χ4n) is 1.88. The predicted molar refractivity (Wildman–Crippen MR) is 74.8 cm³/mol. The Balaban J connectivity index is 2.07. The molecule has 0 saturated carbocycles. The SMILES string of the molecule is COc1ccsc1-c1c(-c2sccc2OC)c1=O. The van der Waals surface area contributed by atoms with Gasteiger partial charge in [0.05, 0.1) is 35.1 Å². The van der Waals surface area contributed by atoms with Crippen LogP contribution in [0, 0.1) is 0 Å². The van der Waals surface area contributed by atoms with Crippen LogP contribution < -0.4 is 14.9 Å². The van der Waals surface area contributed by atoms with E-state index >= 15 is 0 Å². The van der Waals surface area contributed by atoms with Crippen LogP contribution in [0.1, 0.15) is 0 Å². The van der Waals surface area contributed by atoms with Gasteiger partial charge in [0.2, 0.25) is 0 Å². The van der Waals surface area contributed by atoms with E-state index in [1.165, 1.54) is 22.7 Å². The van der Waals surface area contributed by atoms with E-state index in [0.717, 1.165) is 32.4 Å². The van der Waals surface area contributed by atoms with Gasteiger partial charge in [0, 0.05) is 0 Å². The van der Waals surface area contributed by atoms with Gasteiger partial charge in [-0.2, -0.15) is 0 Å². The van der Waals surface area contributed by atoms with Crippen LogP contribution in [0.3, 0.4) is 0 Å². The summed E-state index contributed by atoms with van der Waals surface area (Å²) in [4.78, 5) is 13.8. The molecule has 0 amide bonds. The molecule has 0 saturated heterocycles. The van der Waals surface area contributed by atoms with E-state index in [2.05, 4.69) is 0 Å². The van der Waals surface area contributed by atoms with E-state index in [4.69, 9.17) is 9.47 Å². The van der Waals surface area contributed by atoms with E-state index in [-0.39, 0.29) is 5.43 Å². The van der Waals surface area contributed by atoms with Crippen molar-refractivity contribution < 1.29 is 9.47 Å². The van der Waals surface area contributed by atoms with Crippen molar-refractivity contribution in [2.24, 2.45) is 0 Å². The number of hydrogen-bond acceptors (Lipinski definition) is 5. The number of rotatable bonds is 4. The summed E-state index contributed by atoms with van der Waals surface area (Å²) < 4.78 is 10.5. The molecule has 0 unspecified atom stereocenters. The molecule has 0 atom stereocenters. The zero-order chi connectivity index (χ0) is 12.7. The minimum atomic E-state index is 0.0940. The van der Waals surface area contributed by atoms with E-state index < -0.39 is 0 Å². The minimum Gasteiger partial charge on any atom is -0.495 e. The molecule has 5 heteroatoms. The molecule has 0 N–H and O–H groups in total. The lowest BCUT2D eigenvalue weighted by molar-refractivity contribution is 0.418. The van der Waals surface area contributed by atoms with Crippen LogP contribution in [0.5, 0.6) is 11.5 Å². The van der Waals surface area contributed by atoms with Crippen molar-refractivity contribution in [1.29, 1.82) is 0 Å². The molecule has 0 fully saturated rings. The van der Waals surface area contributed by atoms with Gasteiger partial charge >= 0.3 is 0 Å². The second-order valence-electron chi connectivity index (χ2n) is 3.72. The molecular weight excluding hydrogens is 268 g/mol. The Morgan fingerprint density at radius 3 is 1.72 bits per heavy atom. The maximum absolute atomic E-state index is 12.0. The molecule has 0 aliphatic carbocycles. The van der Waals surface area contributed by atoms with Gasteiger partial charge < -0.3 is 9.47 Å². The molecule has 3 rings (SSSR count). The first-order chi connectivity index (χ1) is 8.77. The number of hydrogen-bond donors (Lipinski definition) is 0. The van der Waals surface area contributed by atoms with Crippen molar-refractivity contribution >= 4 is 22.7 Å². The number of ether oxygens (including phenoxy) is 2. The lowest BCUT2D eigenvalue weighted by atomic mass is 10.3. The van der Waals surface area contributed by atoms with Crippen LogP contribution >= 0.6 is 22.7 Å². The highest BCUT2D eigenvalue weighted by atomic mass is 32.1. The maximum atomic E-state index is 12.0. The summed E-state index contributed by atoms with van der Waals surface area (Å²) in [5.41, 5.74) is 1.63. The van der Waals surface area contributed by atoms with Crippen LogP contribution in [0.25, 0.3) is 20.9 Å². The Kier molecular flexibility index (Phi) is 2.72. The highest BCUT2D eigenvalue weighted by Crippen LogP contribution is 2.46. The fourth-order valence-corrected chi connectivity index (χ4v) is 3.70. The summed E-state index contributed by atoms with van der Waals surface area (Å²) in [5.74, 6) is 1.52. The van der Waals surface area contributed by atoms with Gasteiger partial charge in [-0.3, -0.25) is 4.79 Å². The maximum Gasteiger partial charge on any atom is 0.197 e. The second kappa shape index (κ2) is 4.26. The lowest BCUT2D eigenvalue weighted by Crippen LogP contribution is -1.81. The third-order valence-corrected chi connectivity index (χ3v) is 4.62. The Hall–Kier alpha value is -1.59. The monoisotopic (exact) mass is 278 g/mol. The molecule has 1 aromatic carbocycles. The molecule has 0 aliphatic heterocycles. The standard InChI is InChI=1S/C13H10O3S2/c1-15-7-3-5-17-12(7)9-10(11(9)14)13-8(16-2)4-6-18-13/h3-6H,1-2H3. The van der Waals surface area contributed by atoms with Gasteiger partial charge in [0.15, 0.2) is 5.43 Å². The molecule has 3 nitrogen and oxygen atoms in total. The summed E-state index contributed by atoms with van der Waals surface area (Å²) in [7, 11) is 3.23. The summed E-state index contributed by atoms with van der Waals surface area (Å²) >= 11 is 3.05. The average Bonchev–Trinajstić information content (AvgIpc) is 2.82. The van der Waals surface area contributed by atoms with Crippen LogP contribution in [-0.4, -0.2) is 14.2 Å². The molecular formula is C13H10O3S2. The molecule has 0 bridgehead atoms. The highest BCUT2D eigenvalue weighted by Gasteiger charge is 2.31. The highest BCUT2D eigenvalue weighted by molar-refractivity contribution is 7.15. The smallest absolute Gasteiger partial charge is 0.197 e. The zero-order valence-electron chi connectivity index (χ0n) is 9.85. The molecule has 0 radical (unpaired) electrons. The van der Waals surface area contributed by atoms with Gasteiger partial charge in [-0.15, -0.1) is 22.7 Å². The Bertz CT molecular complexity index is 641.